The molecule has 0 fully saturated rings. The van der Waals surface area contributed by atoms with Crippen molar-refractivity contribution in [1.82, 2.24) is 19.9 Å². The molecule has 0 aromatic carbocycles. The molecule has 0 amide bonds. The van der Waals surface area contributed by atoms with Gasteiger partial charge in [-0.3, -0.25) is 0 Å². The lowest BCUT2D eigenvalue weighted by Crippen LogP contribution is -2.17. The van der Waals surface area contributed by atoms with Crippen LogP contribution in [-0.4, -0.2) is 58.7 Å². The molecule has 0 radical (unpaired) electrons. The van der Waals surface area contributed by atoms with Crippen LogP contribution in [-0.2, 0) is 17.9 Å². The zero-order valence-electron chi connectivity index (χ0n) is 10.4. The van der Waals surface area contributed by atoms with E-state index in [9.17, 15) is 4.79 Å². The summed E-state index contributed by atoms with van der Waals surface area (Å²) in [6, 6.07) is 0. The van der Waals surface area contributed by atoms with E-state index in [2.05, 4.69) is 15.2 Å². The van der Waals surface area contributed by atoms with Gasteiger partial charge in [-0.1, -0.05) is 5.21 Å². The van der Waals surface area contributed by atoms with Crippen molar-refractivity contribution in [2.45, 2.75) is 19.6 Å². The van der Waals surface area contributed by atoms with Crippen LogP contribution >= 0.6 is 0 Å². The van der Waals surface area contributed by atoms with Gasteiger partial charge in [-0.15, -0.1) is 5.10 Å². The molecule has 0 atom stereocenters. The number of carboxylic acids is 1. The largest absolute Gasteiger partial charge is 0.476 e. The summed E-state index contributed by atoms with van der Waals surface area (Å²) in [5, 5.41) is 16.4. The molecule has 1 aromatic rings. The minimum absolute atomic E-state index is 0.0308. The molecule has 1 N–H and O–H groups in total. The second-order valence-electron chi connectivity index (χ2n) is 4.00. The summed E-state index contributed by atoms with van der Waals surface area (Å²) in [6.45, 7) is 1.75. The molecular weight excluding hydrogens is 224 g/mol. The lowest BCUT2D eigenvalue weighted by molar-refractivity contribution is 0.0684. The summed E-state index contributed by atoms with van der Waals surface area (Å²) >= 11 is 0. The van der Waals surface area contributed by atoms with Crippen LogP contribution in [0.1, 0.15) is 22.6 Å². The summed E-state index contributed by atoms with van der Waals surface area (Å²) in [6.07, 6.45) is 0.881. The van der Waals surface area contributed by atoms with Crippen LogP contribution in [0.3, 0.4) is 0 Å². The van der Waals surface area contributed by atoms with Crippen LogP contribution < -0.4 is 0 Å². The van der Waals surface area contributed by atoms with E-state index in [1.807, 2.05) is 14.1 Å². The number of nitrogens with zero attached hydrogens (tertiary/aromatic N) is 4. The molecule has 7 nitrogen and oxygen atoms in total. The number of methoxy groups -OCH3 is 1. The van der Waals surface area contributed by atoms with Crippen LogP contribution in [0.5, 0.6) is 0 Å². The van der Waals surface area contributed by atoms with Crippen molar-refractivity contribution < 1.29 is 14.6 Å². The Hall–Kier alpha value is -1.47. The van der Waals surface area contributed by atoms with Gasteiger partial charge in [-0.25, -0.2) is 9.48 Å². The minimum atomic E-state index is -1.07. The summed E-state index contributed by atoms with van der Waals surface area (Å²) < 4.78 is 6.56. The Morgan fingerprint density at radius 2 is 2.24 bits per heavy atom. The molecule has 0 aliphatic heterocycles. The fraction of sp³-hybridized carbons (Fsp3) is 0.700. The van der Waals surface area contributed by atoms with Crippen LogP contribution in [0.25, 0.3) is 0 Å². The first kappa shape index (κ1) is 13.6. The Morgan fingerprint density at radius 3 is 2.76 bits per heavy atom. The third kappa shape index (κ3) is 3.79. The molecule has 0 aliphatic rings. The Morgan fingerprint density at radius 1 is 1.53 bits per heavy atom. The molecule has 1 aromatic heterocycles. The second kappa shape index (κ2) is 6.31. The molecule has 0 saturated heterocycles. The quantitative estimate of drug-likeness (QED) is 0.729. The van der Waals surface area contributed by atoms with Crippen molar-refractivity contribution in [2.24, 2.45) is 0 Å². The van der Waals surface area contributed by atoms with Gasteiger partial charge in [0.15, 0.2) is 5.69 Å². The third-order valence-corrected chi connectivity index (χ3v) is 2.30. The highest BCUT2D eigenvalue weighted by molar-refractivity contribution is 5.86. The average molecular weight is 242 g/mol. The smallest absolute Gasteiger partial charge is 0.358 e. The predicted octanol–water partition coefficient (Wildman–Crippen LogP) is 0.0744. The van der Waals surface area contributed by atoms with Crippen molar-refractivity contribution in [3.05, 3.63) is 11.4 Å². The molecule has 0 aliphatic carbocycles. The number of aryl methyl sites for hydroxylation is 1. The number of hydrogen-bond acceptors (Lipinski definition) is 5. The predicted molar refractivity (Wildman–Crippen MR) is 60.9 cm³/mol. The summed E-state index contributed by atoms with van der Waals surface area (Å²) in [5.41, 5.74) is 0.482. The van der Waals surface area contributed by atoms with Gasteiger partial charge in [-0.05, 0) is 27.1 Å². The summed E-state index contributed by atoms with van der Waals surface area (Å²) in [5.74, 6) is -1.07. The highest BCUT2D eigenvalue weighted by Gasteiger charge is 2.18. The van der Waals surface area contributed by atoms with Gasteiger partial charge in [0.05, 0.1) is 12.3 Å². The van der Waals surface area contributed by atoms with Gasteiger partial charge in [0, 0.05) is 13.7 Å². The van der Waals surface area contributed by atoms with Crippen LogP contribution in [0.15, 0.2) is 0 Å². The number of aromatic carboxylic acids is 1. The number of rotatable bonds is 7. The Balaban J connectivity index is 2.73. The van der Waals surface area contributed by atoms with E-state index in [4.69, 9.17) is 9.84 Å². The SMILES string of the molecule is COCc1c(C(=O)O)nnn1CCCN(C)C. The van der Waals surface area contributed by atoms with Gasteiger partial charge in [-0.2, -0.15) is 0 Å². The molecule has 17 heavy (non-hydrogen) atoms. The molecule has 96 valence electrons. The molecule has 0 saturated carbocycles. The van der Waals surface area contributed by atoms with E-state index in [1.54, 1.807) is 4.68 Å². The van der Waals surface area contributed by atoms with Crippen molar-refractivity contribution in [3.63, 3.8) is 0 Å². The van der Waals surface area contributed by atoms with Gasteiger partial charge in [0.25, 0.3) is 0 Å². The normalized spacial score (nSPS) is 11.1. The lowest BCUT2D eigenvalue weighted by Gasteiger charge is -2.10. The fourth-order valence-electron chi connectivity index (χ4n) is 1.49. The first-order valence-electron chi connectivity index (χ1n) is 5.35. The highest BCUT2D eigenvalue weighted by Crippen LogP contribution is 2.08. The first-order valence-corrected chi connectivity index (χ1v) is 5.35. The van der Waals surface area contributed by atoms with Crippen molar-refractivity contribution >= 4 is 5.97 Å². The molecule has 0 bridgehead atoms. The fourth-order valence-corrected chi connectivity index (χ4v) is 1.49. The van der Waals surface area contributed by atoms with Crippen molar-refractivity contribution in [3.8, 4) is 0 Å². The zero-order chi connectivity index (χ0) is 12.8. The number of hydrogen-bond donors (Lipinski definition) is 1. The highest BCUT2D eigenvalue weighted by atomic mass is 16.5. The molecule has 0 spiro atoms. The first-order chi connectivity index (χ1) is 8.06. The maximum absolute atomic E-state index is 10.9. The Labute approximate surface area is 100.0 Å². The monoisotopic (exact) mass is 242 g/mol. The van der Waals surface area contributed by atoms with Crippen LogP contribution in [0.4, 0.5) is 0 Å². The van der Waals surface area contributed by atoms with Crippen molar-refractivity contribution in [2.75, 3.05) is 27.7 Å². The second-order valence-corrected chi connectivity index (χ2v) is 4.00. The van der Waals surface area contributed by atoms with E-state index in [1.165, 1.54) is 7.11 Å². The van der Waals surface area contributed by atoms with E-state index in [0.29, 0.717) is 12.2 Å². The number of carboxylic acid groups (broad SMARTS) is 1. The molecule has 1 rings (SSSR count). The molecule has 0 unspecified atom stereocenters. The van der Waals surface area contributed by atoms with Crippen molar-refractivity contribution in [1.29, 1.82) is 0 Å². The number of carbonyl (C=O) groups is 1. The van der Waals surface area contributed by atoms with E-state index >= 15 is 0 Å². The van der Waals surface area contributed by atoms with E-state index < -0.39 is 5.97 Å². The summed E-state index contributed by atoms with van der Waals surface area (Å²) in [4.78, 5) is 13.0. The number of aromatic nitrogens is 3. The maximum Gasteiger partial charge on any atom is 0.358 e. The Kier molecular flexibility index (Phi) is 5.05. The minimum Gasteiger partial charge on any atom is -0.476 e. The van der Waals surface area contributed by atoms with Gasteiger partial charge >= 0.3 is 5.97 Å². The molecule has 7 heteroatoms. The van der Waals surface area contributed by atoms with Gasteiger partial charge in [0.1, 0.15) is 0 Å². The lowest BCUT2D eigenvalue weighted by atomic mass is 10.3. The van der Waals surface area contributed by atoms with Crippen LogP contribution in [0.2, 0.25) is 0 Å². The van der Waals surface area contributed by atoms with Gasteiger partial charge < -0.3 is 14.7 Å². The molecular formula is C10H18N4O3. The maximum atomic E-state index is 10.9. The zero-order valence-corrected chi connectivity index (χ0v) is 10.4. The topological polar surface area (TPSA) is 80.5 Å². The third-order valence-electron chi connectivity index (χ3n) is 2.30. The Bertz CT molecular complexity index is 376. The van der Waals surface area contributed by atoms with E-state index in [-0.39, 0.29) is 12.3 Å². The molecule has 1 heterocycles. The number of ether oxygens (including phenoxy) is 1. The standard InChI is InChI=1S/C10H18N4O3/c1-13(2)5-4-6-14-8(7-17-3)9(10(15)16)11-12-14/h4-7H2,1-3H3,(H,15,16). The van der Waals surface area contributed by atoms with E-state index in [0.717, 1.165) is 13.0 Å². The van der Waals surface area contributed by atoms with Gasteiger partial charge in [0.2, 0.25) is 0 Å². The average Bonchev–Trinajstić information content (AvgIpc) is 2.62. The summed E-state index contributed by atoms with van der Waals surface area (Å²) in [7, 11) is 5.49. The van der Waals surface area contributed by atoms with Crippen LogP contribution in [0, 0.1) is 0 Å².